The van der Waals surface area contributed by atoms with E-state index in [1.165, 1.54) is 0 Å². The average Bonchev–Trinajstić information content (AvgIpc) is 2.66. The number of hydrogen-bond acceptors (Lipinski definition) is 7. The number of ether oxygens (including phenoxy) is 5. The third-order valence-electron chi connectivity index (χ3n) is 3.77. The summed E-state index contributed by atoms with van der Waals surface area (Å²) in [7, 11) is 3.17. The first-order chi connectivity index (χ1) is 12.2. The highest BCUT2D eigenvalue weighted by Gasteiger charge is 2.22. The molecule has 1 aliphatic rings. The minimum absolute atomic E-state index is 0.0160. The Kier molecular flexibility index (Phi) is 8.26. The molecular weight excluding hydrogens is 328 g/mol. The zero-order valence-corrected chi connectivity index (χ0v) is 14.6. The molecule has 140 valence electrons. The lowest BCUT2D eigenvalue weighted by Gasteiger charge is -2.28. The highest BCUT2D eigenvalue weighted by molar-refractivity contribution is 5.92. The molecule has 1 aromatic carbocycles. The molecule has 2 rings (SSSR count). The van der Waals surface area contributed by atoms with Gasteiger partial charge < -0.3 is 34.7 Å². The van der Waals surface area contributed by atoms with Gasteiger partial charge in [0.15, 0.2) is 12.6 Å². The van der Waals surface area contributed by atoms with Gasteiger partial charge in [-0.05, 0) is 18.6 Å². The van der Waals surface area contributed by atoms with Gasteiger partial charge in [0.25, 0.3) is 0 Å². The molecule has 0 aliphatic carbocycles. The second-order valence-corrected chi connectivity index (χ2v) is 5.56. The van der Waals surface area contributed by atoms with E-state index in [9.17, 15) is 4.79 Å². The number of anilines is 1. The number of hydrogen-bond donors (Lipinski definition) is 2. The first kappa shape index (κ1) is 19.8. The molecule has 1 fully saturated rings. The van der Waals surface area contributed by atoms with Crippen molar-refractivity contribution in [2.24, 2.45) is 5.73 Å². The van der Waals surface area contributed by atoms with E-state index in [4.69, 9.17) is 29.4 Å². The summed E-state index contributed by atoms with van der Waals surface area (Å²) in [5.41, 5.74) is 6.80. The van der Waals surface area contributed by atoms with Crippen molar-refractivity contribution in [3.05, 3.63) is 29.8 Å². The fraction of sp³-hybridized carbons (Fsp3) is 0.588. The molecule has 1 aromatic rings. The molecule has 0 bridgehead atoms. The zero-order chi connectivity index (χ0) is 18.1. The number of nitrogens with two attached hydrogens (primary N) is 1. The predicted octanol–water partition coefficient (Wildman–Crippen LogP) is 1.02. The van der Waals surface area contributed by atoms with Crippen LogP contribution in [0.4, 0.5) is 5.69 Å². The third-order valence-corrected chi connectivity index (χ3v) is 3.77. The van der Waals surface area contributed by atoms with Crippen molar-refractivity contribution in [3.8, 4) is 0 Å². The van der Waals surface area contributed by atoms with Crippen molar-refractivity contribution in [1.82, 2.24) is 0 Å². The largest absolute Gasteiger partial charge is 0.370 e. The molecule has 3 N–H and O–H groups in total. The lowest BCUT2D eigenvalue weighted by Crippen LogP contribution is -2.37. The maximum atomic E-state index is 11.3. The molecule has 8 nitrogen and oxygen atoms in total. The Morgan fingerprint density at radius 3 is 2.60 bits per heavy atom. The Morgan fingerprint density at radius 1 is 1.28 bits per heavy atom. The van der Waals surface area contributed by atoms with Gasteiger partial charge in [0, 0.05) is 25.5 Å². The van der Waals surface area contributed by atoms with E-state index in [0.717, 1.165) is 5.56 Å². The van der Waals surface area contributed by atoms with Crippen LogP contribution in [0.1, 0.15) is 18.3 Å². The summed E-state index contributed by atoms with van der Waals surface area (Å²) >= 11 is 0. The second-order valence-electron chi connectivity index (χ2n) is 5.56. The van der Waals surface area contributed by atoms with Crippen LogP contribution in [0.25, 0.3) is 0 Å². The van der Waals surface area contributed by atoms with Crippen molar-refractivity contribution in [3.63, 3.8) is 0 Å². The smallest absolute Gasteiger partial charge is 0.238 e. The second kappa shape index (κ2) is 10.4. The Bertz CT molecular complexity index is 516. The van der Waals surface area contributed by atoms with Gasteiger partial charge in [0.1, 0.15) is 0 Å². The number of carbonyl (C=O) groups excluding carboxylic acids is 1. The Balaban J connectivity index is 1.77. The molecule has 8 heteroatoms. The van der Waals surface area contributed by atoms with Gasteiger partial charge in [-0.3, -0.25) is 4.79 Å². The van der Waals surface area contributed by atoms with Crippen LogP contribution in [0.15, 0.2) is 24.3 Å². The summed E-state index contributed by atoms with van der Waals surface area (Å²) in [5.74, 6) is -0.238. The summed E-state index contributed by atoms with van der Waals surface area (Å²) in [5, 5.41) is 2.68. The monoisotopic (exact) mass is 354 g/mol. The molecule has 0 aromatic heterocycles. The Morgan fingerprint density at radius 2 is 2.04 bits per heavy atom. The van der Waals surface area contributed by atoms with Gasteiger partial charge in [0.2, 0.25) is 5.91 Å². The number of nitrogens with one attached hydrogen (secondary N) is 1. The van der Waals surface area contributed by atoms with E-state index in [1.807, 2.05) is 12.1 Å². The molecule has 0 radical (unpaired) electrons. The summed E-state index contributed by atoms with van der Waals surface area (Å²) < 4.78 is 27.4. The van der Waals surface area contributed by atoms with Crippen molar-refractivity contribution in [2.45, 2.75) is 25.1 Å². The van der Waals surface area contributed by atoms with E-state index in [-0.39, 0.29) is 24.8 Å². The number of rotatable bonds is 9. The van der Waals surface area contributed by atoms with Crippen LogP contribution in [0.2, 0.25) is 0 Å². The van der Waals surface area contributed by atoms with E-state index in [1.54, 1.807) is 26.4 Å². The quantitative estimate of drug-likeness (QED) is 0.639. The first-order valence-corrected chi connectivity index (χ1v) is 8.16. The van der Waals surface area contributed by atoms with E-state index in [2.05, 4.69) is 5.32 Å². The predicted molar refractivity (Wildman–Crippen MR) is 90.9 cm³/mol. The molecule has 1 saturated heterocycles. The van der Waals surface area contributed by atoms with E-state index in [0.29, 0.717) is 31.9 Å². The van der Waals surface area contributed by atoms with Crippen molar-refractivity contribution < 1.29 is 28.5 Å². The van der Waals surface area contributed by atoms with Crippen LogP contribution >= 0.6 is 0 Å². The van der Waals surface area contributed by atoms with Crippen molar-refractivity contribution in [2.75, 3.05) is 45.9 Å². The van der Waals surface area contributed by atoms with Crippen LogP contribution in [0, 0.1) is 0 Å². The Labute approximate surface area is 147 Å². The standard InChI is InChI=1S/C17H26N2O6/c1-21-16-11-24-14(10-25-16)7-8-23-17(22-2)12-3-5-13(6-4-12)19-15(20)9-18/h3-6,14,16-17H,7-11,18H2,1-2H3,(H,19,20). The third kappa shape index (κ3) is 6.35. The molecule has 3 unspecified atom stereocenters. The summed E-state index contributed by atoms with van der Waals surface area (Å²) in [4.78, 5) is 11.3. The highest BCUT2D eigenvalue weighted by Crippen LogP contribution is 2.21. The number of amides is 1. The minimum Gasteiger partial charge on any atom is -0.370 e. The fourth-order valence-electron chi connectivity index (χ4n) is 2.37. The van der Waals surface area contributed by atoms with Gasteiger partial charge in [-0.15, -0.1) is 0 Å². The van der Waals surface area contributed by atoms with Crippen molar-refractivity contribution >= 4 is 11.6 Å². The molecule has 1 heterocycles. The van der Waals surface area contributed by atoms with Gasteiger partial charge in [0.05, 0.1) is 32.5 Å². The summed E-state index contributed by atoms with van der Waals surface area (Å²) in [6, 6.07) is 7.23. The normalized spacial score (nSPS) is 21.7. The van der Waals surface area contributed by atoms with Gasteiger partial charge in [-0.25, -0.2) is 0 Å². The summed E-state index contributed by atoms with van der Waals surface area (Å²) in [6.07, 6.45) is -0.101. The van der Waals surface area contributed by atoms with Crippen LogP contribution in [-0.4, -0.2) is 58.9 Å². The lowest BCUT2D eigenvalue weighted by molar-refractivity contribution is -0.229. The average molecular weight is 354 g/mol. The fourth-order valence-corrected chi connectivity index (χ4v) is 2.37. The molecule has 0 spiro atoms. The molecule has 1 aliphatic heterocycles. The topological polar surface area (TPSA) is 101 Å². The molecule has 1 amide bonds. The summed E-state index contributed by atoms with van der Waals surface area (Å²) in [6.45, 7) is 1.32. The number of methoxy groups -OCH3 is 2. The van der Waals surface area contributed by atoms with Gasteiger partial charge in [-0.2, -0.15) is 0 Å². The molecule has 3 atom stereocenters. The number of benzene rings is 1. The maximum absolute atomic E-state index is 11.3. The molecule has 0 saturated carbocycles. The van der Waals surface area contributed by atoms with Crippen LogP contribution < -0.4 is 11.1 Å². The SMILES string of the molecule is COC1COC(CCOC(OC)c2ccc(NC(=O)CN)cc2)CO1. The minimum atomic E-state index is -0.490. The zero-order valence-electron chi connectivity index (χ0n) is 14.6. The van der Waals surface area contributed by atoms with Gasteiger partial charge in [-0.1, -0.05) is 12.1 Å². The van der Waals surface area contributed by atoms with E-state index >= 15 is 0 Å². The Hall–Kier alpha value is -1.55. The molecule has 25 heavy (non-hydrogen) atoms. The van der Waals surface area contributed by atoms with Crippen molar-refractivity contribution in [1.29, 1.82) is 0 Å². The molecular formula is C17H26N2O6. The first-order valence-electron chi connectivity index (χ1n) is 8.16. The van der Waals surface area contributed by atoms with Crippen LogP contribution in [-0.2, 0) is 28.5 Å². The number of carbonyl (C=O) groups is 1. The van der Waals surface area contributed by atoms with Gasteiger partial charge >= 0.3 is 0 Å². The lowest BCUT2D eigenvalue weighted by atomic mass is 10.2. The maximum Gasteiger partial charge on any atom is 0.238 e. The van der Waals surface area contributed by atoms with E-state index < -0.39 is 6.29 Å². The van der Waals surface area contributed by atoms with Crippen LogP contribution in [0.5, 0.6) is 0 Å². The highest BCUT2D eigenvalue weighted by atomic mass is 16.7. The van der Waals surface area contributed by atoms with Crippen LogP contribution in [0.3, 0.4) is 0 Å².